The van der Waals surface area contributed by atoms with Gasteiger partial charge in [-0.05, 0) is 43.5 Å². The van der Waals surface area contributed by atoms with Crippen molar-refractivity contribution in [3.05, 3.63) is 52.2 Å². The van der Waals surface area contributed by atoms with Gasteiger partial charge in [0, 0.05) is 37.1 Å². The van der Waals surface area contributed by atoms with E-state index >= 15 is 0 Å². The summed E-state index contributed by atoms with van der Waals surface area (Å²) in [5.74, 6) is -0.216. The van der Waals surface area contributed by atoms with Crippen molar-refractivity contribution in [2.75, 3.05) is 24.2 Å². The molecule has 1 aromatic carbocycles. The van der Waals surface area contributed by atoms with E-state index in [4.69, 9.17) is 0 Å². The Kier molecular flexibility index (Phi) is 7.63. The third kappa shape index (κ3) is 6.02. The highest BCUT2D eigenvalue weighted by Gasteiger charge is 2.25. The summed E-state index contributed by atoms with van der Waals surface area (Å²) in [6, 6.07) is 7.35. The van der Waals surface area contributed by atoms with E-state index in [0.717, 1.165) is 25.7 Å². The number of hydrogen-bond acceptors (Lipinski definition) is 7. The molecule has 166 valence electrons. The number of amides is 1. The highest BCUT2D eigenvalue weighted by molar-refractivity contribution is 7.99. The zero-order valence-corrected chi connectivity index (χ0v) is 18.7. The Morgan fingerprint density at radius 1 is 1.19 bits per heavy atom. The molecule has 1 amide bonds. The van der Waals surface area contributed by atoms with Gasteiger partial charge >= 0.3 is 0 Å². The zero-order valence-electron chi connectivity index (χ0n) is 17.1. The monoisotopic (exact) mass is 464 g/mol. The Hall–Kier alpha value is -2.50. The van der Waals surface area contributed by atoms with E-state index in [0.29, 0.717) is 29.4 Å². The fraction of sp³-hybridized carbons (Fsp3) is 0.400. The van der Waals surface area contributed by atoms with Gasteiger partial charge < -0.3 is 5.32 Å². The number of nitrogens with zero attached hydrogens (tertiary/aromatic N) is 3. The summed E-state index contributed by atoms with van der Waals surface area (Å²) in [6.07, 6.45) is 5.15. The highest BCUT2D eigenvalue weighted by Crippen LogP contribution is 2.24. The highest BCUT2D eigenvalue weighted by atomic mass is 32.2. The van der Waals surface area contributed by atoms with Crippen molar-refractivity contribution in [1.29, 1.82) is 0 Å². The average Bonchev–Trinajstić information content (AvgIpc) is 3.04. The third-order valence-corrected chi connectivity index (χ3v) is 7.78. The van der Waals surface area contributed by atoms with Gasteiger partial charge in [-0.3, -0.25) is 14.9 Å². The number of nitrogens with one attached hydrogen (secondary N) is 1. The fourth-order valence-electron chi connectivity index (χ4n) is 3.26. The number of thioether (sulfide) groups is 1. The van der Waals surface area contributed by atoms with Gasteiger partial charge in [0.25, 0.3) is 5.69 Å². The lowest BCUT2D eigenvalue weighted by Crippen LogP contribution is -2.32. The third-order valence-electron chi connectivity index (χ3n) is 4.96. The predicted octanol–water partition coefficient (Wildman–Crippen LogP) is 3.59. The number of carbonyl (C=O) groups excluding carboxylic acids is 1. The van der Waals surface area contributed by atoms with Crippen LogP contribution < -0.4 is 5.32 Å². The number of hydrogen-bond donors (Lipinski definition) is 1. The standard InChI is InChI=1S/C20H24N4O5S2/c1-15-12-16(24(26)27)6-8-18(15)22-19(25)14-30-20-9-7-17(13-21-20)31(28,29)23-10-4-2-3-5-11-23/h6-9,12-13H,2-5,10-11,14H2,1H3,(H,22,25). The van der Waals surface area contributed by atoms with Crippen LogP contribution in [-0.2, 0) is 14.8 Å². The van der Waals surface area contributed by atoms with E-state index in [1.807, 2.05) is 0 Å². The molecule has 0 spiro atoms. The summed E-state index contributed by atoms with van der Waals surface area (Å²) in [4.78, 5) is 26.9. The van der Waals surface area contributed by atoms with Crippen LogP contribution >= 0.6 is 11.8 Å². The molecule has 1 aromatic heterocycles. The number of pyridine rings is 1. The molecule has 0 unspecified atom stereocenters. The number of benzene rings is 1. The van der Waals surface area contributed by atoms with Crippen LogP contribution in [-0.4, -0.2) is 47.4 Å². The number of sulfonamides is 1. The van der Waals surface area contributed by atoms with Crippen LogP contribution in [0.5, 0.6) is 0 Å². The Morgan fingerprint density at radius 2 is 1.90 bits per heavy atom. The van der Waals surface area contributed by atoms with Gasteiger partial charge in [-0.1, -0.05) is 24.6 Å². The second-order valence-electron chi connectivity index (χ2n) is 7.24. The topological polar surface area (TPSA) is 123 Å². The quantitative estimate of drug-likeness (QED) is 0.377. The molecule has 1 N–H and O–H groups in total. The Balaban J connectivity index is 1.57. The number of aromatic nitrogens is 1. The molecule has 0 radical (unpaired) electrons. The summed E-state index contributed by atoms with van der Waals surface area (Å²) in [7, 11) is -3.55. The van der Waals surface area contributed by atoms with E-state index in [2.05, 4.69) is 10.3 Å². The minimum absolute atomic E-state index is 0.0377. The first kappa shape index (κ1) is 23.2. The van der Waals surface area contributed by atoms with Gasteiger partial charge in [-0.25, -0.2) is 13.4 Å². The van der Waals surface area contributed by atoms with Gasteiger partial charge in [0.2, 0.25) is 15.9 Å². The van der Waals surface area contributed by atoms with Crippen molar-refractivity contribution in [2.45, 2.75) is 42.5 Å². The number of anilines is 1. The minimum atomic E-state index is -3.55. The summed E-state index contributed by atoms with van der Waals surface area (Å²) in [5, 5.41) is 14.1. The lowest BCUT2D eigenvalue weighted by Gasteiger charge is -2.19. The second-order valence-corrected chi connectivity index (χ2v) is 10.2. The molecule has 2 heterocycles. The van der Waals surface area contributed by atoms with Gasteiger partial charge in [-0.15, -0.1) is 0 Å². The molecule has 1 fully saturated rings. The first-order chi connectivity index (χ1) is 14.8. The second kappa shape index (κ2) is 10.2. The van der Waals surface area contributed by atoms with Crippen molar-refractivity contribution < 1.29 is 18.1 Å². The van der Waals surface area contributed by atoms with Crippen LogP contribution in [0.15, 0.2) is 46.5 Å². The molecular weight excluding hydrogens is 440 g/mol. The number of non-ortho nitro benzene ring substituents is 1. The SMILES string of the molecule is Cc1cc([N+](=O)[O-])ccc1NC(=O)CSc1ccc(S(=O)(=O)N2CCCCCC2)cn1. The maximum Gasteiger partial charge on any atom is 0.269 e. The molecule has 2 aromatic rings. The predicted molar refractivity (Wildman–Crippen MR) is 119 cm³/mol. The van der Waals surface area contributed by atoms with Gasteiger partial charge in [0.15, 0.2) is 0 Å². The van der Waals surface area contributed by atoms with Gasteiger partial charge in [0.05, 0.1) is 15.7 Å². The molecule has 31 heavy (non-hydrogen) atoms. The summed E-state index contributed by atoms with van der Waals surface area (Å²) >= 11 is 1.18. The van der Waals surface area contributed by atoms with E-state index in [9.17, 15) is 23.3 Å². The van der Waals surface area contributed by atoms with Crippen LogP contribution in [0.4, 0.5) is 11.4 Å². The smallest absolute Gasteiger partial charge is 0.269 e. The minimum Gasteiger partial charge on any atom is -0.325 e. The first-order valence-corrected chi connectivity index (χ1v) is 12.3. The van der Waals surface area contributed by atoms with E-state index < -0.39 is 14.9 Å². The molecule has 0 aliphatic carbocycles. The van der Waals surface area contributed by atoms with Crippen molar-refractivity contribution >= 4 is 39.1 Å². The molecule has 0 atom stereocenters. The molecule has 11 heteroatoms. The Labute approximate surface area is 185 Å². The Bertz CT molecular complexity index is 1050. The number of rotatable bonds is 7. The van der Waals surface area contributed by atoms with Crippen LogP contribution in [0.1, 0.15) is 31.2 Å². The molecule has 9 nitrogen and oxygen atoms in total. The van der Waals surface area contributed by atoms with Crippen molar-refractivity contribution in [2.24, 2.45) is 0 Å². The maximum absolute atomic E-state index is 12.8. The van der Waals surface area contributed by atoms with Crippen molar-refractivity contribution in [3.8, 4) is 0 Å². The van der Waals surface area contributed by atoms with Crippen LogP contribution in [0.25, 0.3) is 0 Å². The Morgan fingerprint density at radius 3 is 2.48 bits per heavy atom. The van der Waals surface area contributed by atoms with E-state index in [-0.39, 0.29) is 22.2 Å². The number of nitro groups is 1. The fourth-order valence-corrected chi connectivity index (χ4v) is 5.37. The summed E-state index contributed by atoms with van der Waals surface area (Å²) < 4.78 is 27.1. The molecule has 0 bridgehead atoms. The van der Waals surface area contributed by atoms with E-state index in [1.165, 1.54) is 46.5 Å². The van der Waals surface area contributed by atoms with Gasteiger partial charge in [0.1, 0.15) is 4.90 Å². The molecule has 1 aliphatic heterocycles. The molecule has 3 rings (SSSR count). The summed E-state index contributed by atoms with van der Waals surface area (Å²) in [6.45, 7) is 2.74. The lowest BCUT2D eigenvalue weighted by molar-refractivity contribution is -0.384. The van der Waals surface area contributed by atoms with Crippen LogP contribution in [0.3, 0.4) is 0 Å². The largest absolute Gasteiger partial charge is 0.325 e. The van der Waals surface area contributed by atoms with Crippen LogP contribution in [0, 0.1) is 17.0 Å². The number of carbonyl (C=O) groups is 1. The molecule has 1 aliphatic rings. The number of nitro benzene ring substituents is 1. The van der Waals surface area contributed by atoms with Gasteiger partial charge in [-0.2, -0.15) is 4.31 Å². The molecule has 0 saturated carbocycles. The summed E-state index contributed by atoms with van der Waals surface area (Å²) in [5.41, 5.74) is 1.06. The first-order valence-electron chi connectivity index (χ1n) is 9.91. The normalized spacial score (nSPS) is 15.3. The van der Waals surface area contributed by atoms with Crippen molar-refractivity contribution in [1.82, 2.24) is 9.29 Å². The number of aryl methyl sites for hydroxylation is 1. The lowest BCUT2D eigenvalue weighted by atomic mass is 10.2. The average molecular weight is 465 g/mol. The van der Waals surface area contributed by atoms with E-state index in [1.54, 1.807) is 13.0 Å². The van der Waals surface area contributed by atoms with Crippen molar-refractivity contribution in [3.63, 3.8) is 0 Å². The molecular formula is C20H24N4O5S2. The zero-order chi connectivity index (χ0) is 22.4. The van der Waals surface area contributed by atoms with Crippen LogP contribution in [0.2, 0.25) is 0 Å². The molecule has 1 saturated heterocycles. The maximum atomic E-state index is 12.8.